The van der Waals surface area contributed by atoms with Gasteiger partial charge >= 0.3 is 0 Å². The van der Waals surface area contributed by atoms with Crippen LogP contribution < -0.4 is 5.32 Å². The maximum Gasteiger partial charge on any atom is 0.237 e. The molecule has 2 aliphatic heterocycles. The van der Waals surface area contributed by atoms with Crippen molar-refractivity contribution in [2.24, 2.45) is 5.41 Å². The van der Waals surface area contributed by atoms with Crippen LogP contribution in [0.5, 0.6) is 0 Å². The average molecular weight is 442 g/mol. The maximum absolute atomic E-state index is 12.0. The molecule has 6 nitrogen and oxygen atoms in total. The maximum atomic E-state index is 12.0. The van der Waals surface area contributed by atoms with Crippen molar-refractivity contribution in [2.45, 2.75) is 50.5 Å². The molecule has 2 unspecified atom stereocenters. The lowest BCUT2D eigenvalue weighted by molar-refractivity contribution is -0.129. The van der Waals surface area contributed by atoms with Crippen LogP contribution in [-0.2, 0) is 4.79 Å². The predicted octanol–water partition coefficient (Wildman–Crippen LogP) is 2.06. The van der Waals surface area contributed by atoms with Gasteiger partial charge in [0, 0.05) is 26.2 Å². The summed E-state index contributed by atoms with van der Waals surface area (Å²) in [7, 11) is 0. The van der Waals surface area contributed by atoms with E-state index in [1.807, 2.05) is 17.9 Å². The van der Waals surface area contributed by atoms with Crippen LogP contribution in [0.25, 0.3) is 0 Å². The van der Waals surface area contributed by atoms with Gasteiger partial charge in [-0.1, -0.05) is 29.3 Å². The molecule has 1 spiro atoms. The highest BCUT2D eigenvalue weighted by atomic mass is 35.5. The summed E-state index contributed by atoms with van der Waals surface area (Å²) in [6, 6.07) is 4.83. The Bertz CT molecular complexity index is 774. The third kappa shape index (κ3) is 4.29. The highest BCUT2D eigenvalue weighted by molar-refractivity contribution is 6.42. The normalized spacial score (nSPS) is 29.5. The van der Waals surface area contributed by atoms with Crippen LogP contribution in [0.15, 0.2) is 18.2 Å². The Labute approximate surface area is 181 Å². The molecule has 1 aromatic carbocycles. The minimum absolute atomic E-state index is 0.0152. The SMILES string of the molecule is C[C@@H]1C(=O)NCCN1CC(O)C(c1ccc(Cl)c(Cl)c1)N1CCC2(CC2)[C@H](O)C1. The van der Waals surface area contributed by atoms with E-state index in [0.29, 0.717) is 36.2 Å². The van der Waals surface area contributed by atoms with Crippen molar-refractivity contribution in [3.63, 3.8) is 0 Å². The summed E-state index contributed by atoms with van der Waals surface area (Å²) in [6.45, 7) is 4.85. The van der Waals surface area contributed by atoms with E-state index >= 15 is 0 Å². The number of amides is 1. The first kappa shape index (κ1) is 21.3. The summed E-state index contributed by atoms with van der Waals surface area (Å²) in [5.74, 6) is -0.0152. The Kier molecular flexibility index (Phi) is 6.13. The number of hydrogen-bond acceptors (Lipinski definition) is 5. The Morgan fingerprint density at radius 3 is 2.66 bits per heavy atom. The number of carbonyl (C=O) groups is 1. The standard InChI is InChI=1S/C21H29Cl2N3O3/c1-13-20(29)24-7-9-25(13)11-17(27)19(14-2-3-15(22)16(23)10-14)26-8-6-21(4-5-21)18(28)12-26/h2-3,10,13,17-19,27-28H,4-9,11-12H2,1H3,(H,24,29)/t13-,17?,18-,19?/m1/s1. The number of aliphatic hydroxyl groups is 2. The quantitative estimate of drug-likeness (QED) is 0.651. The fourth-order valence-electron chi connectivity index (χ4n) is 4.83. The van der Waals surface area contributed by atoms with E-state index in [2.05, 4.69) is 10.2 Å². The second-order valence-corrected chi connectivity index (χ2v) is 9.59. The molecule has 1 aliphatic carbocycles. The number of hydrogen-bond donors (Lipinski definition) is 3. The van der Waals surface area contributed by atoms with E-state index in [9.17, 15) is 15.0 Å². The molecule has 2 heterocycles. The van der Waals surface area contributed by atoms with Gasteiger partial charge in [0.25, 0.3) is 0 Å². The van der Waals surface area contributed by atoms with Gasteiger partial charge in [0.15, 0.2) is 0 Å². The number of piperidine rings is 1. The molecule has 0 radical (unpaired) electrons. The van der Waals surface area contributed by atoms with Gasteiger partial charge in [-0.25, -0.2) is 0 Å². The van der Waals surface area contributed by atoms with Gasteiger partial charge in [-0.2, -0.15) is 0 Å². The van der Waals surface area contributed by atoms with E-state index in [4.69, 9.17) is 23.2 Å². The van der Waals surface area contributed by atoms with Crippen molar-refractivity contribution in [3.8, 4) is 0 Å². The number of nitrogens with zero attached hydrogens (tertiary/aromatic N) is 2. The first-order chi connectivity index (χ1) is 13.8. The Balaban J connectivity index is 1.57. The molecular formula is C21H29Cl2N3O3. The Hall–Kier alpha value is -0.890. The first-order valence-corrected chi connectivity index (χ1v) is 11.1. The van der Waals surface area contributed by atoms with Crippen molar-refractivity contribution in [1.29, 1.82) is 0 Å². The minimum Gasteiger partial charge on any atom is -0.391 e. The molecular weight excluding hydrogens is 413 g/mol. The zero-order valence-corrected chi connectivity index (χ0v) is 18.2. The fraction of sp³-hybridized carbons (Fsp3) is 0.667. The zero-order valence-electron chi connectivity index (χ0n) is 16.7. The summed E-state index contributed by atoms with van der Waals surface area (Å²) in [4.78, 5) is 16.2. The number of halogens is 2. The van der Waals surface area contributed by atoms with Crippen LogP contribution in [0, 0.1) is 5.41 Å². The average Bonchev–Trinajstić information content (AvgIpc) is 3.46. The van der Waals surface area contributed by atoms with Crippen molar-refractivity contribution >= 4 is 29.1 Å². The zero-order chi connectivity index (χ0) is 20.8. The molecule has 3 aliphatic rings. The summed E-state index contributed by atoms with van der Waals surface area (Å²) in [6.07, 6.45) is 1.99. The second-order valence-electron chi connectivity index (χ2n) is 8.77. The van der Waals surface area contributed by atoms with E-state index < -0.39 is 6.10 Å². The van der Waals surface area contributed by atoms with Gasteiger partial charge in [-0.15, -0.1) is 0 Å². The highest BCUT2D eigenvalue weighted by Crippen LogP contribution is 2.54. The lowest BCUT2D eigenvalue weighted by atomic mass is 9.87. The van der Waals surface area contributed by atoms with Crippen LogP contribution in [0.3, 0.4) is 0 Å². The molecule has 2 saturated heterocycles. The number of β-amino-alcohol motifs (C(OH)–C–C–N with tert-alkyl or cyclic N) is 2. The van der Waals surface area contributed by atoms with E-state index in [0.717, 1.165) is 31.4 Å². The van der Waals surface area contributed by atoms with Gasteiger partial charge in [-0.05, 0) is 55.8 Å². The van der Waals surface area contributed by atoms with Crippen LogP contribution in [-0.4, -0.2) is 76.9 Å². The van der Waals surface area contributed by atoms with Gasteiger partial charge < -0.3 is 15.5 Å². The van der Waals surface area contributed by atoms with Crippen molar-refractivity contribution in [3.05, 3.63) is 33.8 Å². The second kappa shape index (κ2) is 8.33. The Morgan fingerprint density at radius 2 is 2.00 bits per heavy atom. The van der Waals surface area contributed by atoms with E-state index in [-0.39, 0.29) is 29.5 Å². The summed E-state index contributed by atoms with van der Waals surface area (Å²) >= 11 is 12.4. The molecule has 4 atom stereocenters. The molecule has 4 rings (SSSR count). The monoisotopic (exact) mass is 441 g/mol. The molecule has 3 fully saturated rings. The van der Waals surface area contributed by atoms with Crippen LogP contribution in [0.2, 0.25) is 10.0 Å². The highest BCUT2D eigenvalue weighted by Gasteiger charge is 2.52. The third-order valence-electron chi connectivity index (χ3n) is 6.99. The van der Waals surface area contributed by atoms with E-state index in [1.54, 1.807) is 12.1 Å². The molecule has 29 heavy (non-hydrogen) atoms. The van der Waals surface area contributed by atoms with Crippen LogP contribution >= 0.6 is 23.2 Å². The molecule has 8 heteroatoms. The minimum atomic E-state index is -0.735. The first-order valence-electron chi connectivity index (χ1n) is 10.4. The lowest BCUT2D eigenvalue weighted by Gasteiger charge is -2.44. The molecule has 1 saturated carbocycles. The molecule has 1 aromatic rings. The van der Waals surface area contributed by atoms with Crippen LogP contribution in [0.4, 0.5) is 0 Å². The van der Waals surface area contributed by atoms with Gasteiger partial charge in [0.05, 0.1) is 34.3 Å². The number of aliphatic hydroxyl groups excluding tert-OH is 2. The molecule has 160 valence electrons. The third-order valence-corrected chi connectivity index (χ3v) is 7.73. The number of likely N-dealkylation sites (tertiary alicyclic amines) is 1. The van der Waals surface area contributed by atoms with Gasteiger partial charge in [0.2, 0.25) is 5.91 Å². The molecule has 3 N–H and O–H groups in total. The van der Waals surface area contributed by atoms with Gasteiger partial charge in [0.1, 0.15) is 0 Å². The lowest BCUT2D eigenvalue weighted by Crippen LogP contribution is -2.57. The molecule has 0 bridgehead atoms. The van der Waals surface area contributed by atoms with Gasteiger partial charge in [-0.3, -0.25) is 14.6 Å². The topological polar surface area (TPSA) is 76.0 Å². The fourth-order valence-corrected chi connectivity index (χ4v) is 5.13. The largest absolute Gasteiger partial charge is 0.391 e. The summed E-state index contributed by atoms with van der Waals surface area (Å²) in [5.41, 5.74) is 0.961. The van der Waals surface area contributed by atoms with Crippen LogP contribution in [0.1, 0.15) is 37.8 Å². The Morgan fingerprint density at radius 1 is 1.24 bits per heavy atom. The number of rotatable bonds is 5. The van der Waals surface area contributed by atoms with Crippen molar-refractivity contribution in [1.82, 2.24) is 15.1 Å². The number of carbonyl (C=O) groups excluding carboxylic acids is 1. The van der Waals surface area contributed by atoms with Crippen molar-refractivity contribution < 1.29 is 15.0 Å². The molecule has 0 aromatic heterocycles. The summed E-state index contributed by atoms with van der Waals surface area (Å²) < 4.78 is 0. The predicted molar refractivity (Wildman–Crippen MR) is 113 cm³/mol. The molecule has 1 amide bonds. The van der Waals surface area contributed by atoms with Crippen molar-refractivity contribution in [2.75, 3.05) is 32.7 Å². The smallest absolute Gasteiger partial charge is 0.237 e. The number of piperazine rings is 1. The number of benzene rings is 1. The van der Waals surface area contributed by atoms with E-state index in [1.165, 1.54) is 0 Å². The summed E-state index contributed by atoms with van der Waals surface area (Å²) in [5, 5.41) is 25.8. The number of nitrogens with one attached hydrogen (secondary N) is 1.